The van der Waals surface area contributed by atoms with E-state index in [1.54, 1.807) is 0 Å². The zero-order chi connectivity index (χ0) is 6.69. The third kappa shape index (κ3) is 2.05. The highest BCUT2D eigenvalue weighted by Gasteiger charge is 2.04. The van der Waals surface area contributed by atoms with Crippen molar-refractivity contribution in [3.63, 3.8) is 0 Å². The van der Waals surface area contributed by atoms with Crippen LogP contribution in [-0.4, -0.2) is 0 Å². The molecule has 0 spiro atoms. The third-order valence-corrected chi connectivity index (χ3v) is 3.04. The van der Waals surface area contributed by atoms with E-state index in [9.17, 15) is 0 Å². The third-order valence-electron chi connectivity index (χ3n) is 0.977. The topological polar surface area (TPSA) is 0 Å². The van der Waals surface area contributed by atoms with Crippen LogP contribution in [0.1, 0.15) is 0 Å². The second kappa shape index (κ2) is 3.31. The van der Waals surface area contributed by atoms with Crippen molar-refractivity contribution in [2.24, 2.45) is 0 Å². The van der Waals surface area contributed by atoms with Crippen LogP contribution in [0.25, 0.3) is 0 Å². The van der Waals surface area contributed by atoms with Crippen LogP contribution < -0.4 is 5.30 Å². The van der Waals surface area contributed by atoms with Crippen molar-refractivity contribution in [1.29, 1.82) is 0 Å². The van der Waals surface area contributed by atoms with Gasteiger partial charge in [-0.25, -0.2) is 0 Å². The summed E-state index contributed by atoms with van der Waals surface area (Å²) < 4.78 is 0. The van der Waals surface area contributed by atoms with Gasteiger partial charge >= 0.3 is 0 Å². The lowest BCUT2D eigenvalue weighted by Crippen LogP contribution is -1.88. The minimum absolute atomic E-state index is 0.618. The second-order valence-corrected chi connectivity index (χ2v) is 5.78. The van der Waals surface area contributed by atoms with Gasteiger partial charge in [-0.1, -0.05) is 18.2 Å². The summed E-state index contributed by atoms with van der Waals surface area (Å²) in [6, 6.07) is 9.95. The van der Waals surface area contributed by atoms with E-state index in [1.165, 1.54) is 0 Å². The van der Waals surface area contributed by atoms with Crippen molar-refractivity contribution >= 4 is 35.3 Å². The second-order valence-electron chi connectivity index (χ2n) is 1.61. The Bertz CT molecular complexity index is 208. The standard InChI is InChI=1S/C6H5PS2/c8-7(9)6-4-2-1-3-5-6/h1-5H/p+1. The maximum atomic E-state index is 4.97. The molecule has 0 bridgehead atoms. The summed E-state index contributed by atoms with van der Waals surface area (Å²) in [5.74, 6) is -0.618. The monoisotopic (exact) mass is 173 g/mol. The van der Waals surface area contributed by atoms with E-state index in [0.29, 0.717) is 0 Å². The fourth-order valence-corrected chi connectivity index (χ4v) is 1.75. The van der Waals surface area contributed by atoms with Crippen LogP contribution in [0.2, 0.25) is 0 Å². The van der Waals surface area contributed by atoms with Gasteiger partial charge < -0.3 is 0 Å². The Morgan fingerprint density at radius 2 is 1.78 bits per heavy atom. The van der Waals surface area contributed by atoms with Gasteiger partial charge in [-0.05, 0) is 12.1 Å². The molecule has 0 amide bonds. The average Bonchev–Trinajstić information content (AvgIpc) is 1.90. The number of thiol groups is 1. The van der Waals surface area contributed by atoms with Crippen LogP contribution in [0.4, 0.5) is 0 Å². The molecule has 0 N–H and O–H groups in total. The van der Waals surface area contributed by atoms with Gasteiger partial charge in [-0.15, -0.1) is 0 Å². The van der Waals surface area contributed by atoms with Crippen LogP contribution in [0.3, 0.4) is 0 Å². The van der Waals surface area contributed by atoms with Gasteiger partial charge in [-0.3, -0.25) is 0 Å². The molecule has 1 rings (SSSR count). The normalized spacial score (nSPS) is 11.0. The molecule has 0 saturated heterocycles. The smallest absolute Gasteiger partial charge is 0.0619 e. The Kier molecular flexibility index (Phi) is 2.65. The van der Waals surface area contributed by atoms with Crippen molar-refractivity contribution in [1.82, 2.24) is 0 Å². The molecular formula is C6H6PS2+. The van der Waals surface area contributed by atoms with Gasteiger partial charge in [0.05, 0.1) is 12.2 Å². The first kappa shape index (κ1) is 7.20. The van der Waals surface area contributed by atoms with Gasteiger partial charge in [-0.2, -0.15) is 0 Å². The van der Waals surface area contributed by atoms with E-state index in [-0.39, 0.29) is 0 Å². The molecule has 0 saturated carbocycles. The van der Waals surface area contributed by atoms with E-state index in [2.05, 4.69) is 12.2 Å². The Morgan fingerprint density at radius 1 is 1.22 bits per heavy atom. The molecule has 0 aromatic heterocycles. The number of benzene rings is 1. The van der Waals surface area contributed by atoms with Crippen molar-refractivity contribution in [3.05, 3.63) is 30.3 Å². The first-order valence-corrected chi connectivity index (χ1v) is 6.02. The SMILES string of the molecule is S=[P+](S)c1ccccc1. The van der Waals surface area contributed by atoms with Gasteiger partial charge in [0.15, 0.2) is 17.1 Å². The highest BCUT2D eigenvalue weighted by atomic mass is 32.9. The molecule has 1 aromatic carbocycles. The van der Waals surface area contributed by atoms with Crippen LogP contribution in [0.15, 0.2) is 30.3 Å². The van der Waals surface area contributed by atoms with Gasteiger partial charge in [0.25, 0.3) is 5.90 Å². The van der Waals surface area contributed by atoms with Crippen molar-refractivity contribution in [2.75, 3.05) is 0 Å². The van der Waals surface area contributed by atoms with E-state index >= 15 is 0 Å². The zero-order valence-electron chi connectivity index (χ0n) is 4.69. The van der Waals surface area contributed by atoms with E-state index in [1.807, 2.05) is 30.3 Å². The van der Waals surface area contributed by atoms with Crippen molar-refractivity contribution in [3.8, 4) is 0 Å². The molecule has 0 radical (unpaired) electrons. The lowest BCUT2D eigenvalue weighted by Gasteiger charge is -1.80. The minimum Gasteiger partial charge on any atom is -0.0619 e. The average molecular weight is 173 g/mol. The van der Waals surface area contributed by atoms with Gasteiger partial charge in [0, 0.05) is 0 Å². The fourth-order valence-electron chi connectivity index (χ4n) is 0.556. The predicted octanol–water partition coefficient (Wildman–Crippen LogP) is 2.10. The van der Waals surface area contributed by atoms with Crippen LogP contribution >= 0.6 is 18.1 Å². The summed E-state index contributed by atoms with van der Waals surface area (Å²) >= 11 is 9.14. The van der Waals surface area contributed by atoms with Crippen molar-refractivity contribution in [2.45, 2.75) is 0 Å². The molecular weight excluding hydrogens is 167 g/mol. The molecule has 1 aromatic rings. The molecule has 0 heterocycles. The summed E-state index contributed by atoms with van der Waals surface area (Å²) in [5, 5.41) is 1.16. The highest BCUT2D eigenvalue weighted by molar-refractivity contribution is 8.58. The van der Waals surface area contributed by atoms with Crippen LogP contribution in [0.5, 0.6) is 0 Å². The first-order chi connectivity index (χ1) is 4.30. The molecule has 3 heteroatoms. The lowest BCUT2D eigenvalue weighted by atomic mass is 10.4. The molecule has 46 valence electrons. The highest BCUT2D eigenvalue weighted by Crippen LogP contribution is 2.23. The summed E-state index contributed by atoms with van der Waals surface area (Å²) in [6.07, 6.45) is 0. The first-order valence-electron chi connectivity index (χ1n) is 2.52. The van der Waals surface area contributed by atoms with E-state index < -0.39 is 5.90 Å². The summed E-state index contributed by atoms with van der Waals surface area (Å²) in [5.41, 5.74) is 0. The molecule has 9 heavy (non-hydrogen) atoms. The van der Waals surface area contributed by atoms with Gasteiger partial charge in [0.2, 0.25) is 0 Å². The minimum atomic E-state index is -0.618. The Hall–Kier alpha value is 0.0900. The van der Waals surface area contributed by atoms with E-state index in [4.69, 9.17) is 11.8 Å². The Morgan fingerprint density at radius 3 is 2.11 bits per heavy atom. The number of rotatable bonds is 1. The summed E-state index contributed by atoms with van der Waals surface area (Å²) in [4.78, 5) is 0. The van der Waals surface area contributed by atoms with Gasteiger partial charge in [0.1, 0.15) is 0 Å². The van der Waals surface area contributed by atoms with Crippen LogP contribution in [0, 0.1) is 0 Å². The maximum Gasteiger partial charge on any atom is 0.280 e. The maximum absolute atomic E-state index is 4.97. The van der Waals surface area contributed by atoms with Crippen LogP contribution in [-0.2, 0) is 11.8 Å². The Labute approximate surface area is 65.9 Å². The largest absolute Gasteiger partial charge is 0.280 e. The quantitative estimate of drug-likeness (QED) is 0.501. The summed E-state index contributed by atoms with van der Waals surface area (Å²) in [6.45, 7) is 0. The van der Waals surface area contributed by atoms with Crippen molar-refractivity contribution < 1.29 is 0 Å². The molecule has 0 aliphatic heterocycles. The summed E-state index contributed by atoms with van der Waals surface area (Å²) in [7, 11) is 0. The Balaban J connectivity index is 2.98. The fraction of sp³-hybridized carbons (Fsp3) is 0. The molecule has 0 fully saturated rings. The van der Waals surface area contributed by atoms with E-state index in [0.717, 1.165) is 5.30 Å². The zero-order valence-corrected chi connectivity index (χ0v) is 7.29. The molecule has 1 atom stereocenters. The molecule has 0 nitrogen and oxygen atoms in total. The predicted molar refractivity (Wildman–Crippen MR) is 49.3 cm³/mol. The number of hydrogen-bond donors (Lipinski definition) is 1. The molecule has 0 aliphatic rings. The lowest BCUT2D eigenvalue weighted by molar-refractivity contribution is 1.78. The molecule has 1 unspecified atom stereocenters. The molecule has 0 aliphatic carbocycles. The number of hydrogen-bond acceptors (Lipinski definition) is 1.